The average molecular weight is 262 g/mol. The molecule has 0 rings (SSSR count). The fourth-order valence-corrected chi connectivity index (χ4v) is 2.73. The molecular weight excluding hydrogens is 245 g/mol. The molecule has 0 fully saturated rings. The summed E-state index contributed by atoms with van der Waals surface area (Å²) in [5.41, 5.74) is 5.18. The second kappa shape index (κ2) is 6.41. The lowest BCUT2D eigenvalue weighted by atomic mass is 10.3. The average Bonchev–Trinajstić information content (AvgIpc) is 2.13. The van der Waals surface area contributed by atoms with Crippen molar-refractivity contribution in [2.45, 2.75) is 25.9 Å². The highest BCUT2D eigenvalue weighted by molar-refractivity contribution is 7.89. The number of nitrogens with two attached hydrogens (primary N) is 1. The van der Waals surface area contributed by atoms with Crippen molar-refractivity contribution >= 4 is 10.0 Å². The summed E-state index contributed by atoms with van der Waals surface area (Å²) in [5.74, 6) is -0.284. The number of sulfonamides is 1. The Morgan fingerprint density at radius 3 is 2.19 bits per heavy atom. The molecule has 8 heteroatoms. The summed E-state index contributed by atoms with van der Waals surface area (Å²) in [5, 5.41) is 0. The molecule has 0 aliphatic rings. The van der Waals surface area contributed by atoms with Crippen LogP contribution >= 0.6 is 0 Å². The Balaban J connectivity index is 4.44. The number of alkyl halides is 3. The lowest BCUT2D eigenvalue weighted by Gasteiger charge is -2.21. The first-order chi connectivity index (χ1) is 7.23. The second-order valence-electron chi connectivity index (χ2n) is 3.35. The summed E-state index contributed by atoms with van der Waals surface area (Å²) in [6.07, 6.45) is -3.73. The first-order valence-electron chi connectivity index (χ1n) is 4.97. The van der Waals surface area contributed by atoms with E-state index >= 15 is 0 Å². The molecule has 0 aromatic rings. The van der Waals surface area contributed by atoms with E-state index in [0.717, 1.165) is 0 Å². The van der Waals surface area contributed by atoms with E-state index in [1.54, 1.807) is 0 Å². The fraction of sp³-hybridized carbons (Fsp3) is 1.00. The first kappa shape index (κ1) is 15.7. The molecule has 0 saturated carbocycles. The van der Waals surface area contributed by atoms with Gasteiger partial charge >= 0.3 is 6.18 Å². The third-order valence-electron chi connectivity index (χ3n) is 1.96. The van der Waals surface area contributed by atoms with Crippen LogP contribution in [0.5, 0.6) is 0 Å². The lowest BCUT2D eigenvalue weighted by molar-refractivity contribution is -0.135. The van der Waals surface area contributed by atoms with Crippen LogP contribution in [0.2, 0.25) is 0 Å². The van der Waals surface area contributed by atoms with Crippen LogP contribution in [0.15, 0.2) is 0 Å². The molecule has 16 heavy (non-hydrogen) atoms. The maximum atomic E-state index is 12.1. The van der Waals surface area contributed by atoms with Crippen molar-refractivity contribution in [1.82, 2.24) is 4.31 Å². The van der Waals surface area contributed by atoms with E-state index in [1.807, 2.05) is 0 Å². The molecule has 0 saturated heterocycles. The Morgan fingerprint density at radius 2 is 1.81 bits per heavy atom. The van der Waals surface area contributed by atoms with Crippen LogP contribution in [0, 0.1) is 0 Å². The lowest BCUT2D eigenvalue weighted by Crippen LogP contribution is -2.40. The Kier molecular flexibility index (Phi) is 6.27. The molecule has 0 unspecified atom stereocenters. The van der Waals surface area contributed by atoms with Gasteiger partial charge in [-0.15, -0.1) is 0 Å². The highest BCUT2D eigenvalue weighted by Gasteiger charge is 2.35. The summed E-state index contributed by atoms with van der Waals surface area (Å²) in [6, 6.07) is 0. The van der Waals surface area contributed by atoms with Gasteiger partial charge in [-0.25, -0.2) is 8.42 Å². The molecule has 0 heterocycles. The molecule has 98 valence electrons. The van der Waals surface area contributed by atoms with Crippen LogP contribution in [0.3, 0.4) is 0 Å². The van der Waals surface area contributed by atoms with Crippen molar-refractivity contribution < 1.29 is 21.6 Å². The number of halogens is 3. The molecule has 0 aromatic heterocycles. The van der Waals surface area contributed by atoms with E-state index in [1.165, 1.54) is 6.92 Å². The minimum Gasteiger partial charge on any atom is -0.330 e. The van der Waals surface area contributed by atoms with Gasteiger partial charge in [-0.2, -0.15) is 17.5 Å². The normalized spacial score (nSPS) is 13.4. The SMILES string of the molecule is CCN(CC(F)(F)F)S(=O)(=O)CCCCN. The maximum Gasteiger partial charge on any atom is 0.402 e. The molecule has 0 bridgehead atoms. The summed E-state index contributed by atoms with van der Waals surface area (Å²) in [4.78, 5) is 0. The Hall–Kier alpha value is -0.340. The zero-order chi connectivity index (χ0) is 12.8. The largest absolute Gasteiger partial charge is 0.402 e. The number of rotatable bonds is 7. The third kappa shape index (κ3) is 6.29. The van der Waals surface area contributed by atoms with Crippen LogP contribution in [-0.4, -0.2) is 44.3 Å². The van der Waals surface area contributed by atoms with E-state index in [9.17, 15) is 21.6 Å². The summed E-state index contributed by atoms with van der Waals surface area (Å²) in [6.45, 7) is 0.117. The van der Waals surface area contributed by atoms with Gasteiger partial charge in [0, 0.05) is 6.54 Å². The van der Waals surface area contributed by atoms with Gasteiger partial charge in [-0.3, -0.25) is 0 Å². The van der Waals surface area contributed by atoms with Gasteiger partial charge in [0.1, 0.15) is 6.54 Å². The molecular formula is C8H17F3N2O2S. The quantitative estimate of drug-likeness (QED) is 0.694. The highest BCUT2D eigenvalue weighted by Crippen LogP contribution is 2.18. The molecule has 2 N–H and O–H groups in total. The van der Waals surface area contributed by atoms with E-state index in [4.69, 9.17) is 5.73 Å². The van der Waals surface area contributed by atoms with E-state index in [-0.39, 0.29) is 18.7 Å². The molecule has 0 spiro atoms. The van der Waals surface area contributed by atoms with Crippen molar-refractivity contribution in [2.24, 2.45) is 5.73 Å². The van der Waals surface area contributed by atoms with Crippen LogP contribution < -0.4 is 5.73 Å². The van der Waals surface area contributed by atoms with Gasteiger partial charge in [-0.1, -0.05) is 6.92 Å². The minimum absolute atomic E-state index is 0.176. The number of unbranched alkanes of at least 4 members (excludes halogenated alkanes) is 1. The Labute approximate surface area is 93.7 Å². The van der Waals surface area contributed by atoms with E-state index in [2.05, 4.69) is 0 Å². The zero-order valence-electron chi connectivity index (χ0n) is 9.13. The van der Waals surface area contributed by atoms with Crippen molar-refractivity contribution in [2.75, 3.05) is 25.4 Å². The minimum atomic E-state index is -4.50. The van der Waals surface area contributed by atoms with E-state index < -0.39 is 22.7 Å². The van der Waals surface area contributed by atoms with Crippen molar-refractivity contribution in [3.8, 4) is 0 Å². The molecule has 0 aliphatic carbocycles. The van der Waals surface area contributed by atoms with Crippen LogP contribution in [0.4, 0.5) is 13.2 Å². The van der Waals surface area contributed by atoms with Gasteiger partial charge in [0.05, 0.1) is 5.75 Å². The fourth-order valence-electron chi connectivity index (χ4n) is 1.16. The Bertz CT molecular complexity index is 290. The van der Waals surface area contributed by atoms with Gasteiger partial charge in [0.2, 0.25) is 10.0 Å². The summed E-state index contributed by atoms with van der Waals surface area (Å²) in [7, 11) is -3.82. The molecule has 4 nitrogen and oxygen atoms in total. The Morgan fingerprint density at radius 1 is 1.25 bits per heavy atom. The summed E-state index contributed by atoms with van der Waals surface area (Å²) >= 11 is 0. The predicted molar refractivity (Wildman–Crippen MR) is 55.4 cm³/mol. The highest BCUT2D eigenvalue weighted by atomic mass is 32.2. The maximum absolute atomic E-state index is 12.1. The molecule has 0 aromatic carbocycles. The van der Waals surface area contributed by atoms with Crippen molar-refractivity contribution in [3.63, 3.8) is 0 Å². The number of hydrogen-bond acceptors (Lipinski definition) is 3. The third-order valence-corrected chi connectivity index (χ3v) is 3.94. The standard InChI is InChI=1S/C8H17F3N2O2S/c1-2-13(7-8(9,10)11)16(14,15)6-4-3-5-12/h2-7,12H2,1H3. The van der Waals surface area contributed by atoms with Gasteiger partial charge < -0.3 is 5.73 Å². The van der Waals surface area contributed by atoms with Crippen LogP contribution in [0.1, 0.15) is 19.8 Å². The van der Waals surface area contributed by atoms with Gasteiger partial charge in [0.15, 0.2) is 0 Å². The van der Waals surface area contributed by atoms with Gasteiger partial charge in [0.25, 0.3) is 0 Å². The predicted octanol–water partition coefficient (Wildman–Crippen LogP) is 0.939. The van der Waals surface area contributed by atoms with Crippen molar-refractivity contribution in [3.05, 3.63) is 0 Å². The zero-order valence-corrected chi connectivity index (χ0v) is 9.94. The van der Waals surface area contributed by atoms with Gasteiger partial charge in [-0.05, 0) is 19.4 Å². The van der Waals surface area contributed by atoms with Crippen LogP contribution in [-0.2, 0) is 10.0 Å². The van der Waals surface area contributed by atoms with Crippen molar-refractivity contribution in [1.29, 1.82) is 0 Å². The first-order valence-corrected chi connectivity index (χ1v) is 6.58. The topological polar surface area (TPSA) is 63.4 Å². The number of nitrogens with zero attached hydrogens (tertiary/aromatic N) is 1. The monoisotopic (exact) mass is 262 g/mol. The van der Waals surface area contributed by atoms with E-state index in [0.29, 0.717) is 17.3 Å². The smallest absolute Gasteiger partial charge is 0.330 e. The molecule has 0 aliphatic heterocycles. The summed E-state index contributed by atoms with van der Waals surface area (Å²) < 4.78 is 59.7. The molecule has 0 atom stereocenters. The molecule has 0 radical (unpaired) electrons. The second-order valence-corrected chi connectivity index (χ2v) is 5.44. The number of hydrogen-bond donors (Lipinski definition) is 1. The van der Waals surface area contributed by atoms with Crippen LogP contribution in [0.25, 0.3) is 0 Å². The molecule has 0 amide bonds.